The summed E-state index contributed by atoms with van der Waals surface area (Å²) < 4.78 is 76.8. The third kappa shape index (κ3) is 11.7. The summed E-state index contributed by atoms with van der Waals surface area (Å²) >= 11 is 0. The largest absolute Gasteiger partial charge is 0.416 e. The number of nitrogens with zero attached hydrogens (tertiary/aromatic N) is 9. The first kappa shape index (κ1) is 45.0. The van der Waals surface area contributed by atoms with Crippen molar-refractivity contribution in [2.45, 2.75) is 82.1 Å². The van der Waals surface area contributed by atoms with E-state index in [1.165, 1.54) is 40.8 Å². The predicted molar refractivity (Wildman–Crippen MR) is 218 cm³/mol. The van der Waals surface area contributed by atoms with Gasteiger partial charge in [-0.05, 0) is 102 Å². The van der Waals surface area contributed by atoms with Gasteiger partial charge in [-0.3, -0.25) is 4.79 Å². The molecule has 0 saturated carbocycles. The van der Waals surface area contributed by atoms with E-state index in [9.17, 15) is 41.4 Å². The third-order valence-corrected chi connectivity index (χ3v) is 11.1. The highest BCUT2D eigenvalue weighted by atomic mass is 19.4. The van der Waals surface area contributed by atoms with E-state index >= 15 is 0 Å². The molecule has 2 aromatic heterocycles. The number of piperidine rings is 2. The summed E-state index contributed by atoms with van der Waals surface area (Å²) in [5.74, 6) is 0.697. The Morgan fingerprint density at radius 3 is 1.57 bits per heavy atom. The van der Waals surface area contributed by atoms with Crippen LogP contribution in [-0.4, -0.2) is 98.8 Å². The molecule has 19 heteroatoms. The fraction of sp³-hybridized carbons (Fsp3) is 0.386. The molecule has 0 aliphatic carbocycles. The number of benzene rings is 4. The summed E-state index contributed by atoms with van der Waals surface area (Å²) in [5, 5.41) is 50.1. The highest BCUT2D eigenvalue weighted by molar-refractivity contribution is 5.73. The molecule has 2 aliphatic rings. The van der Waals surface area contributed by atoms with Crippen LogP contribution in [0.5, 0.6) is 0 Å². The van der Waals surface area contributed by atoms with Gasteiger partial charge in [-0.1, -0.05) is 72.8 Å². The summed E-state index contributed by atoms with van der Waals surface area (Å²) in [5.41, 5.74) is 1.28. The van der Waals surface area contributed by atoms with Crippen LogP contribution in [0.25, 0.3) is 22.8 Å². The van der Waals surface area contributed by atoms with Gasteiger partial charge in [-0.2, -0.15) is 35.9 Å². The third-order valence-electron chi connectivity index (χ3n) is 11.1. The Morgan fingerprint density at radius 1 is 0.667 bits per heavy atom. The predicted octanol–water partition coefficient (Wildman–Crippen LogP) is 6.39. The number of amides is 1. The molecule has 1 amide bonds. The van der Waals surface area contributed by atoms with Gasteiger partial charge in [0, 0.05) is 31.1 Å². The van der Waals surface area contributed by atoms with Crippen LogP contribution in [-0.2, 0) is 43.1 Å². The molecule has 4 aromatic carbocycles. The summed E-state index contributed by atoms with van der Waals surface area (Å²) in [6.07, 6.45) is -5.11. The van der Waals surface area contributed by atoms with Crippen molar-refractivity contribution in [1.29, 1.82) is 0 Å². The molecule has 0 radical (unpaired) electrons. The Labute approximate surface area is 358 Å². The SMILES string of the molecule is CC(=O)N1CCCC(O)(Cn2nnc(-c3ccccc3Cc3ccc(C(F)(F)F)cc3)n2)C1.OC1(Cn2nnc(-c3ccccc3Cc3ccc(C(F)(F)F)cc3)n2)CCCNC1. The Kier molecular flexibility index (Phi) is 13.4. The van der Waals surface area contributed by atoms with Crippen LogP contribution in [0, 0.1) is 0 Å². The van der Waals surface area contributed by atoms with Crippen LogP contribution in [0.15, 0.2) is 97.1 Å². The van der Waals surface area contributed by atoms with E-state index in [-0.39, 0.29) is 25.5 Å². The minimum Gasteiger partial charge on any atom is -0.387 e. The number of tetrazole rings is 2. The molecule has 6 aromatic rings. The van der Waals surface area contributed by atoms with Gasteiger partial charge >= 0.3 is 12.4 Å². The second-order valence-electron chi connectivity index (χ2n) is 16.1. The van der Waals surface area contributed by atoms with Gasteiger partial charge in [0.25, 0.3) is 0 Å². The van der Waals surface area contributed by atoms with Gasteiger partial charge in [0.05, 0.1) is 36.4 Å². The Morgan fingerprint density at radius 2 is 1.13 bits per heavy atom. The van der Waals surface area contributed by atoms with Crippen molar-refractivity contribution in [1.82, 2.24) is 50.6 Å². The smallest absolute Gasteiger partial charge is 0.387 e. The number of carbonyl (C=O) groups excluding carboxylic acids is 1. The summed E-state index contributed by atoms with van der Waals surface area (Å²) in [6.45, 7) is 4.02. The number of likely N-dealkylation sites (tertiary alicyclic amines) is 1. The lowest BCUT2D eigenvalue weighted by Crippen LogP contribution is -2.52. The van der Waals surface area contributed by atoms with E-state index in [1.807, 2.05) is 48.5 Å². The van der Waals surface area contributed by atoms with Gasteiger partial charge in [0.2, 0.25) is 17.6 Å². The van der Waals surface area contributed by atoms with Crippen molar-refractivity contribution >= 4 is 5.91 Å². The molecule has 4 heterocycles. The average molecular weight is 877 g/mol. The summed E-state index contributed by atoms with van der Waals surface area (Å²) in [7, 11) is 0. The van der Waals surface area contributed by atoms with E-state index in [1.54, 1.807) is 4.90 Å². The molecule has 13 nitrogen and oxygen atoms in total. The lowest BCUT2D eigenvalue weighted by Gasteiger charge is -2.38. The zero-order valence-electron chi connectivity index (χ0n) is 34.3. The number of aromatic nitrogens is 8. The Bertz CT molecular complexity index is 2470. The summed E-state index contributed by atoms with van der Waals surface area (Å²) in [4.78, 5) is 16.0. The first-order valence-corrected chi connectivity index (χ1v) is 20.4. The zero-order chi connectivity index (χ0) is 44.8. The number of β-amino-alcohol motifs (C(OH)–C–C–N with tert-alkyl or cyclic N) is 2. The van der Waals surface area contributed by atoms with E-state index in [0.29, 0.717) is 62.4 Å². The van der Waals surface area contributed by atoms with Gasteiger partial charge < -0.3 is 20.4 Å². The standard InChI is InChI=1S/C23H24F3N5O2.C21H22F3N5O/c1-16(32)30-12-4-11-22(33,14-30)15-31-28-21(27-29-31)20-6-3-2-5-18(20)13-17-7-9-19(10-8-17)23(24,25)26;22-21(23,24)17-8-6-15(7-9-17)12-16-4-1-2-5-18(16)19-26-28-29(27-19)14-20(30)10-3-11-25-13-20/h2-3,5-10,33H,4,11-15H2,1H3;1-2,4-9,25,30H,3,10-14H2. The number of alkyl halides is 6. The topological polar surface area (TPSA) is 160 Å². The second-order valence-corrected chi connectivity index (χ2v) is 16.1. The molecule has 63 heavy (non-hydrogen) atoms. The van der Waals surface area contributed by atoms with Crippen LogP contribution < -0.4 is 5.32 Å². The van der Waals surface area contributed by atoms with Crippen molar-refractivity contribution in [3.05, 3.63) is 130 Å². The van der Waals surface area contributed by atoms with Crippen molar-refractivity contribution in [3.8, 4) is 22.8 Å². The fourth-order valence-corrected chi connectivity index (χ4v) is 7.81. The second kappa shape index (κ2) is 18.7. The van der Waals surface area contributed by atoms with Crippen molar-refractivity contribution in [3.63, 3.8) is 0 Å². The first-order valence-electron chi connectivity index (χ1n) is 20.4. The summed E-state index contributed by atoms with van der Waals surface area (Å²) in [6, 6.07) is 25.0. The molecule has 332 valence electrons. The molecule has 0 bridgehead atoms. The van der Waals surface area contributed by atoms with Gasteiger partial charge in [-0.15, -0.1) is 20.4 Å². The maximum Gasteiger partial charge on any atom is 0.416 e. The van der Waals surface area contributed by atoms with Gasteiger partial charge in [0.15, 0.2) is 0 Å². The van der Waals surface area contributed by atoms with Crippen molar-refractivity contribution in [2.75, 3.05) is 26.2 Å². The van der Waals surface area contributed by atoms with Crippen LogP contribution in [0.4, 0.5) is 26.3 Å². The van der Waals surface area contributed by atoms with Crippen molar-refractivity contribution in [2.24, 2.45) is 0 Å². The number of carbonyl (C=O) groups is 1. The number of aliphatic hydroxyl groups is 2. The molecule has 8 rings (SSSR count). The van der Waals surface area contributed by atoms with E-state index in [0.717, 1.165) is 65.0 Å². The van der Waals surface area contributed by atoms with E-state index in [2.05, 4.69) is 36.1 Å². The Balaban J connectivity index is 0.000000190. The molecule has 3 N–H and O–H groups in total. The number of rotatable bonds is 10. The minimum atomic E-state index is -4.37. The van der Waals surface area contributed by atoms with Gasteiger partial charge in [-0.25, -0.2) is 0 Å². The van der Waals surface area contributed by atoms with E-state index in [4.69, 9.17) is 0 Å². The molecule has 2 aliphatic heterocycles. The molecule has 0 spiro atoms. The number of halogens is 6. The number of nitrogens with one attached hydrogen (secondary N) is 1. The van der Waals surface area contributed by atoms with Crippen LogP contribution in [0.3, 0.4) is 0 Å². The first-order chi connectivity index (χ1) is 30.0. The maximum atomic E-state index is 12.8. The minimum absolute atomic E-state index is 0.0856. The molecule has 2 fully saturated rings. The highest BCUT2D eigenvalue weighted by Gasteiger charge is 2.36. The Hall–Kier alpha value is -6.05. The quantitative estimate of drug-likeness (QED) is 0.132. The lowest BCUT2D eigenvalue weighted by atomic mass is 9.93. The monoisotopic (exact) mass is 876 g/mol. The van der Waals surface area contributed by atoms with E-state index < -0.39 is 34.7 Å². The molecule has 2 unspecified atom stereocenters. The van der Waals surface area contributed by atoms with Crippen LogP contribution in [0.1, 0.15) is 66.0 Å². The number of hydrogen-bond acceptors (Lipinski definition) is 10. The van der Waals surface area contributed by atoms with Crippen molar-refractivity contribution < 1.29 is 41.4 Å². The number of hydrogen-bond donors (Lipinski definition) is 3. The highest BCUT2D eigenvalue weighted by Crippen LogP contribution is 2.32. The molecular weight excluding hydrogens is 831 g/mol. The van der Waals surface area contributed by atoms with Gasteiger partial charge in [0.1, 0.15) is 5.60 Å². The molecule has 2 saturated heterocycles. The molecule has 2 atom stereocenters. The van der Waals surface area contributed by atoms with Crippen LogP contribution >= 0.6 is 0 Å². The normalized spacial score (nSPS) is 19.3. The maximum absolute atomic E-state index is 12.8. The average Bonchev–Trinajstić information content (AvgIpc) is 3.91. The molecular formula is C44H46F6N10O3. The lowest BCUT2D eigenvalue weighted by molar-refractivity contribution is -0.138. The zero-order valence-corrected chi connectivity index (χ0v) is 34.3. The fourth-order valence-electron chi connectivity index (χ4n) is 7.81. The van der Waals surface area contributed by atoms with Crippen LogP contribution in [0.2, 0.25) is 0 Å².